The van der Waals surface area contributed by atoms with Crippen LogP contribution in [0.1, 0.15) is 31.2 Å². The van der Waals surface area contributed by atoms with E-state index in [0.29, 0.717) is 21.9 Å². The van der Waals surface area contributed by atoms with Gasteiger partial charge in [0.05, 0.1) is 17.8 Å². The van der Waals surface area contributed by atoms with Gasteiger partial charge in [-0.05, 0) is 5.92 Å². The van der Waals surface area contributed by atoms with E-state index in [2.05, 4.69) is 29.1 Å². The minimum absolute atomic E-state index is 0.120. The molecule has 0 fully saturated rings. The van der Waals surface area contributed by atoms with E-state index in [9.17, 15) is 4.79 Å². The maximum Gasteiger partial charge on any atom is 0.232 e. The van der Waals surface area contributed by atoms with E-state index in [1.54, 1.807) is 5.38 Å². The van der Waals surface area contributed by atoms with Gasteiger partial charge in [-0.2, -0.15) is 0 Å². The predicted molar refractivity (Wildman–Crippen MR) is 75.1 cm³/mol. The first kappa shape index (κ1) is 13.0. The molecule has 2 aromatic rings. The second-order valence-electron chi connectivity index (χ2n) is 4.13. The number of nitrogen functional groups attached to an aromatic ring is 1. The first-order valence-electron chi connectivity index (χ1n) is 5.49. The lowest BCUT2D eigenvalue weighted by molar-refractivity contribution is -0.115. The zero-order chi connectivity index (χ0) is 13.1. The Kier molecular flexibility index (Phi) is 3.93. The number of carbonyl (C=O) groups excluding carboxylic acids is 1. The summed E-state index contributed by atoms with van der Waals surface area (Å²) in [6, 6.07) is 0. The van der Waals surface area contributed by atoms with E-state index in [1.165, 1.54) is 22.7 Å². The van der Waals surface area contributed by atoms with E-state index in [-0.39, 0.29) is 12.3 Å². The first-order valence-corrected chi connectivity index (χ1v) is 7.25. The van der Waals surface area contributed by atoms with Crippen LogP contribution in [0.3, 0.4) is 0 Å². The summed E-state index contributed by atoms with van der Waals surface area (Å²) in [7, 11) is 0. The molecular formula is C11H14N4OS2. The fraction of sp³-hybridized carbons (Fsp3) is 0.364. The highest BCUT2D eigenvalue weighted by Gasteiger charge is 2.10. The molecule has 0 saturated carbocycles. The first-order chi connectivity index (χ1) is 8.54. The van der Waals surface area contributed by atoms with Gasteiger partial charge in [0.2, 0.25) is 5.91 Å². The summed E-state index contributed by atoms with van der Waals surface area (Å²) in [5, 5.41) is 7.63. The number of amides is 1. The molecule has 0 aliphatic rings. The Bertz CT molecular complexity index is 547. The third-order valence-electron chi connectivity index (χ3n) is 2.27. The third kappa shape index (κ3) is 3.27. The lowest BCUT2D eigenvalue weighted by Gasteiger charge is -2.00. The summed E-state index contributed by atoms with van der Waals surface area (Å²) in [6.07, 6.45) is 0.226. The number of hydrogen-bond donors (Lipinski definition) is 2. The molecule has 18 heavy (non-hydrogen) atoms. The highest BCUT2D eigenvalue weighted by Crippen LogP contribution is 2.21. The highest BCUT2D eigenvalue weighted by molar-refractivity contribution is 7.14. The van der Waals surface area contributed by atoms with Crippen LogP contribution in [0, 0.1) is 0 Å². The molecule has 5 nitrogen and oxygen atoms in total. The van der Waals surface area contributed by atoms with Gasteiger partial charge in [-0.15, -0.1) is 22.7 Å². The minimum atomic E-state index is -0.120. The lowest BCUT2D eigenvalue weighted by Crippen LogP contribution is -2.14. The standard InChI is InChI=1S/C11H14N4OS2/c1-6(2)8-5-18-11(14-8)15-9(16)3-7-4-17-10(12)13-7/h4-6H,3H2,1-2H3,(H2,12,13)(H,14,15,16). The number of anilines is 2. The zero-order valence-electron chi connectivity index (χ0n) is 10.1. The summed E-state index contributed by atoms with van der Waals surface area (Å²) in [5.74, 6) is 0.246. The molecule has 96 valence electrons. The van der Waals surface area contributed by atoms with Crippen molar-refractivity contribution in [2.75, 3.05) is 11.1 Å². The molecule has 0 spiro atoms. The van der Waals surface area contributed by atoms with Gasteiger partial charge in [0, 0.05) is 10.8 Å². The Morgan fingerprint density at radius 3 is 2.72 bits per heavy atom. The number of nitrogens with one attached hydrogen (secondary N) is 1. The van der Waals surface area contributed by atoms with Crippen LogP contribution in [0.25, 0.3) is 0 Å². The van der Waals surface area contributed by atoms with Gasteiger partial charge < -0.3 is 11.1 Å². The van der Waals surface area contributed by atoms with Gasteiger partial charge >= 0.3 is 0 Å². The van der Waals surface area contributed by atoms with Gasteiger partial charge in [-0.1, -0.05) is 13.8 Å². The predicted octanol–water partition coefficient (Wildman–Crippen LogP) is 2.49. The molecule has 2 heterocycles. The Balaban J connectivity index is 1.94. The van der Waals surface area contributed by atoms with Crippen molar-refractivity contribution < 1.29 is 4.79 Å². The molecule has 2 aromatic heterocycles. The topological polar surface area (TPSA) is 80.9 Å². The lowest BCUT2D eigenvalue weighted by atomic mass is 10.2. The zero-order valence-corrected chi connectivity index (χ0v) is 11.8. The minimum Gasteiger partial charge on any atom is -0.375 e. The van der Waals surface area contributed by atoms with Crippen LogP contribution >= 0.6 is 22.7 Å². The molecule has 0 saturated heterocycles. The van der Waals surface area contributed by atoms with Gasteiger partial charge in [0.25, 0.3) is 0 Å². The average Bonchev–Trinajstić information content (AvgIpc) is 2.88. The molecular weight excluding hydrogens is 268 g/mol. The molecule has 7 heteroatoms. The van der Waals surface area contributed by atoms with Crippen LogP contribution in [0.5, 0.6) is 0 Å². The van der Waals surface area contributed by atoms with Crippen molar-refractivity contribution in [3.63, 3.8) is 0 Å². The second-order valence-corrected chi connectivity index (χ2v) is 5.88. The van der Waals surface area contributed by atoms with Crippen molar-refractivity contribution in [1.29, 1.82) is 0 Å². The van der Waals surface area contributed by atoms with Gasteiger partial charge in [-0.3, -0.25) is 4.79 Å². The van der Waals surface area contributed by atoms with Crippen molar-refractivity contribution in [1.82, 2.24) is 9.97 Å². The van der Waals surface area contributed by atoms with Crippen molar-refractivity contribution in [3.05, 3.63) is 22.1 Å². The van der Waals surface area contributed by atoms with Crippen molar-refractivity contribution in [2.24, 2.45) is 0 Å². The summed E-state index contributed by atoms with van der Waals surface area (Å²) in [6.45, 7) is 4.14. The number of thiazole rings is 2. The molecule has 0 unspecified atom stereocenters. The van der Waals surface area contributed by atoms with Crippen LogP contribution in [-0.4, -0.2) is 15.9 Å². The summed E-state index contributed by atoms with van der Waals surface area (Å²) in [5.41, 5.74) is 7.19. The maximum absolute atomic E-state index is 11.7. The van der Waals surface area contributed by atoms with Crippen LogP contribution in [-0.2, 0) is 11.2 Å². The summed E-state index contributed by atoms with van der Waals surface area (Å²) in [4.78, 5) is 20.1. The Morgan fingerprint density at radius 1 is 1.39 bits per heavy atom. The maximum atomic E-state index is 11.7. The molecule has 0 aromatic carbocycles. The number of nitrogens with zero attached hydrogens (tertiary/aromatic N) is 2. The molecule has 0 aliphatic carbocycles. The van der Waals surface area contributed by atoms with Gasteiger partial charge in [-0.25, -0.2) is 9.97 Å². The molecule has 3 N–H and O–H groups in total. The Hall–Kier alpha value is -1.47. The van der Waals surface area contributed by atoms with Gasteiger partial charge in [0.15, 0.2) is 10.3 Å². The van der Waals surface area contributed by atoms with E-state index in [0.717, 1.165) is 5.69 Å². The third-order valence-corrected chi connectivity index (χ3v) is 3.77. The number of hydrogen-bond acceptors (Lipinski definition) is 6. The Morgan fingerprint density at radius 2 is 2.17 bits per heavy atom. The fourth-order valence-electron chi connectivity index (χ4n) is 1.34. The van der Waals surface area contributed by atoms with Crippen LogP contribution in [0.2, 0.25) is 0 Å². The van der Waals surface area contributed by atoms with Crippen LogP contribution in [0.15, 0.2) is 10.8 Å². The number of carbonyl (C=O) groups is 1. The second kappa shape index (κ2) is 5.45. The van der Waals surface area contributed by atoms with Gasteiger partial charge in [0.1, 0.15) is 0 Å². The number of rotatable bonds is 4. The summed E-state index contributed by atoms with van der Waals surface area (Å²) >= 11 is 2.77. The van der Waals surface area contributed by atoms with Crippen molar-refractivity contribution in [3.8, 4) is 0 Å². The summed E-state index contributed by atoms with van der Waals surface area (Å²) < 4.78 is 0. The molecule has 1 amide bonds. The molecule has 0 radical (unpaired) electrons. The smallest absolute Gasteiger partial charge is 0.232 e. The Labute approximate surface area is 113 Å². The monoisotopic (exact) mass is 282 g/mol. The van der Waals surface area contributed by atoms with Crippen LogP contribution in [0.4, 0.5) is 10.3 Å². The molecule has 0 aliphatic heterocycles. The van der Waals surface area contributed by atoms with E-state index >= 15 is 0 Å². The van der Waals surface area contributed by atoms with Crippen molar-refractivity contribution in [2.45, 2.75) is 26.2 Å². The molecule has 0 bridgehead atoms. The van der Waals surface area contributed by atoms with Crippen LogP contribution < -0.4 is 11.1 Å². The molecule has 0 atom stereocenters. The highest BCUT2D eigenvalue weighted by atomic mass is 32.1. The number of nitrogens with two attached hydrogens (primary N) is 1. The number of aromatic nitrogens is 2. The normalized spacial score (nSPS) is 10.8. The SMILES string of the molecule is CC(C)c1csc(NC(=O)Cc2csc(N)n2)n1. The average molecular weight is 282 g/mol. The molecule has 2 rings (SSSR count). The van der Waals surface area contributed by atoms with E-state index in [1.807, 2.05) is 5.38 Å². The fourth-order valence-corrected chi connectivity index (χ4v) is 2.79. The van der Waals surface area contributed by atoms with E-state index in [4.69, 9.17) is 5.73 Å². The quantitative estimate of drug-likeness (QED) is 0.902. The largest absolute Gasteiger partial charge is 0.375 e. The van der Waals surface area contributed by atoms with Crippen molar-refractivity contribution >= 4 is 38.8 Å². The van der Waals surface area contributed by atoms with E-state index < -0.39 is 0 Å².